The first-order valence-electron chi connectivity index (χ1n) is 10.3. The molecule has 1 fully saturated rings. The van der Waals surface area contributed by atoms with Gasteiger partial charge in [0.1, 0.15) is 11.5 Å². The van der Waals surface area contributed by atoms with Crippen molar-refractivity contribution in [3.63, 3.8) is 0 Å². The number of fused-ring (bicyclic) bond motifs is 1. The minimum Gasteiger partial charge on any atom is -0.495 e. The highest BCUT2D eigenvalue weighted by atomic mass is 35.5. The third kappa shape index (κ3) is 4.51. The maximum atomic E-state index is 11.8. The lowest BCUT2D eigenvalue weighted by Gasteiger charge is -2.17. The minimum atomic E-state index is -0.242. The number of carbonyl (C=O) groups excluding carboxylic acids is 1. The van der Waals surface area contributed by atoms with Crippen molar-refractivity contribution in [2.45, 2.75) is 24.9 Å². The van der Waals surface area contributed by atoms with Crippen molar-refractivity contribution in [3.8, 4) is 22.6 Å². The molecule has 4 rings (SSSR count). The molecule has 1 aliphatic rings. The van der Waals surface area contributed by atoms with Crippen LogP contribution in [0, 0.1) is 5.92 Å². The summed E-state index contributed by atoms with van der Waals surface area (Å²) in [5, 5.41) is 4.83. The summed E-state index contributed by atoms with van der Waals surface area (Å²) in [6.07, 6.45) is 2.85. The number of ether oxygens (including phenoxy) is 3. The van der Waals surface area contributed by atoms with Crippen LogP contribution < -0.4 is 20.5 Å². The third-order valence-electron chi connectivity index (χ3n) is 5.90. The van der Waals surface area contributed by atoms with Gasteiger partial charge in [-0.3, -0.25) is 4.79 Å². The van der Waals surface area contributed by atoms with Crippen molar-refractivity contribution in [3.05, 3.63) is 40.5 Å². The number of hydrogen-bond donors (Lipinski definition) is 2. The molecule has 2 aromatic carbocycles. The van der Waals surface area contributed by atoms with Gasteiger partial charge in [0, 0.05) is 35.3 Å². The van der Waals surface area contributed by atoms with E-state index in [9.17, 15) is 4.79 Å². The molecule has 174 valence electrons. The van der Waals surface area contributed by atoms with Gasteiger partial charge in [-0.15, -0.1) is 0 Å². The van der Waals surface area contributed by atoms with E-state index >= 15 is 0 Å². The van der Waals surface area contributed by atoms with Gasteiger partial charge >= 0.3 is 5.97 Å². The van der Waals surface area contributed by atoms with E-state index in [2.05, 4.69) is 15.3 Å². The second-order valence-corrected chi connectivity index (χ2v) is 8.61. The Labute approximate surface area is 201 Å². The van der Waals surface area contributed by atoms with E-state index in [4.69, 9.17) is 43.1 Å². The number of halogens is 2. The number of nitrogens with zero attached hydrogens (tertiary/aromatic N) is 2. The van der Waals surface area contributed by atoms with Gasteiger partial charge in [-0.05, 0) is 30.5 Å². The van der Waals surface area contributed by atoms with Crippen LogP contribution in [0.2, 0.25) is 10.0 Å². The zero-order valence-electron chi connectivity index (χ0n) is 18.4. The number of carbonyl (C=O) groups is 1. The van der Waals surface area contributed by atoms with Crippen LogP contribution in [0.1, 0.15) is 12.8 Å². The van der Waals surface area contributed by atoms with Crippen molar-refractivity contribution in [2.24, 2.45) is 11.7 Å². The van der Waals surface area contributed by atoms with Crippen molar-refractivity contribution in [1.82, 2.24) is 9.97 Å². The van der Waals surface area contributed by atoms with E-state index in [1.807, 2.05) is 18.2 Å². The predicted molar refractivity (Wildman–Crippen MR) is 128 cm³/mol. The van der Waals surface area contributed by atoms with E-state index in [0.717, 1.165) is 16.5 Å². The quantitative estimate of drug-likeness (QED) is 0.491. The Morgan fingerprint density at radius 2 is 1.79 bits per heavy atom. The van der Waals surface area contributed by atoms with Crippen LogP contribution in [0.4, 0.5) is 5.95 Å². The summed E-state index contributed by atoms with van der Waals surface area (Å²) < 4.78 is 15.6. The number of aromatic nitrogens is 2. The molecule has 3 atom stereocenters. The molecule has 0 bridgehead atoms. The Bertz CT molecular complexity index is 1180. The van der Waals surface area contributed by atoms with Gasteiger partial charge in [0.05, 0.1) is 42.8 Å². The maximum absolute atomic E-state index is 11.8. The topological polar surface area (TPSA) is 109 Å². The number of benzene rings is 2. The molecular formula is C23H24Cl2N4O4. The van der Waals surface area contributed by atoms with Crippen molar-refractivity contribution in [2.75, 3.05) is 26.6 Å². The van der Waals surface area contributed by atoms with Crippen molar-refractivity contribution < 1.29 is 19.0 Å². The molecule has 0 saturated heterocycles. The fraction of sp³-hybridized carbons (Fsp3) is 0.348. The highest BCUT2D eigenvalue weighted by molar-refractivity contribution is 6.41. The summed E-state index contributed by atoms with van der Waals surface area (Å²) >= 11 is 13.1. The second-order valence-electron chi connectivity index (χ2n) is 7.86. The molecule has 1 aliphatic carbocycles. The fourth-order valence-electron chi connectivity index (χ4n) is 4.16. The number of hydrogen-bond acceptors (Lipinski definition) is 8. The fourth-order valence-corrected chi connectivity index (χ4v) is 4.88. The van der Waals surface area contributed by atoms with Crippen LogP contribution in [0.3, 0.4) is 0 Å². The summed E-state index contributed by atoms with van der Waals surface area (Å²) in [5.41, 5.74) is 8.32. The molecule has 1 heterocycles. The van der Waals surface area contributed by atoms with Gasteiger partial charge < -0.3 is 25.3 Å². The number of nitrogens with one attached hydrogen (secondary N) is 1. The molecule has 3 aromatic rings. The van der Waals surface area contributed by atoms with Crippen LogP contribution in [0.25, 0.3) is 22.0 Å². The standard InChI is InChI=1S/C23H24Cl2N4O4/c1-31-17-9-18(32-2)21(25)19(20(17)24)11-4-5-15-13(6-11)10-27-23(28-15)29-16-8-12(7-14(16)26)22(30)33-3/h4-6,9-10,12,14,16H,7-8,26H2,1-3H3,(H,27,28,29). The molecule has 1 aromatic heterocycles. The van der Waals surface area contributed by atoms with Gasteiger partial charge in [0.25, 0.3) is 0 Å². The molecule has 8 nitrogen and oxygen atoms in total. The Morgan fingerprint density at radius 1 is 1.09 bits per heavy atom. The van der Waals surface area contributed by atoms with Crippen molar-refractivity contribution >= 4 is 46.0 Å². The predicted octanol–water partition coefficient (Wildman–Crippen LogP) is 4.31. The van der Waals surface area contributed by atoms with Gasteiger partial charge in [-0.2, -0.15) is 0 Å². The first kappa shape index (κ1) is 23.4. The Hall–Kier alpha value is -2.81. The Kier molecular flexibility index (Phi) is 6.78. The van der Waals surface area contributed by atoms with Crippen LogP contribution in [0.5, 0.6) is 11.5 Å². The first-order chi connectivity index (χ1) is 15.9. The van der Waals surface area contributed by atoms with Crippen LogP contribution in [0.15, 0.2) is 30.5 Å². The highest BCUT2D eigenvalue weighted by Crippen LogP contribution is 2.46. The average molecular weight is 491 g/mol. The summed E-state index contributed by atoms with van der Waals surface area (Å²) in [4.78, 5) is 20.9. The molecule has 0 radical (unpaired) electrons. The van der Waals surface area contributed by atoms with E-state index in [1.165, 1.54) is 21.3 Å². The molecule has 0 spiro atoms. The lowest BCUT2D eigenvalue weighted by atomic mass is 10.0. The van der Waals surface area contributed by atoms with Gasteiger partial charge in [0.2, 0.25) is 5.95 Å². The second kappa shape index (κ2) is 9.59. The van der Waals surface area contributed by atoms with Gasteiger partial charge in [-0.1, -0.05) is 29.3 Å². The van der Waals surface area contributed by atoms with E-state index in [1.54, 1.807) is 12.3 Å². The van der Waals surface area contributed by atoms with Crippen molar-refractivity contribution in [1.29, 1.82) is 0 Å². The first-order valence-corrected chi connectivity index (χ1v) is 11.1. The maximum Gasteiger partial charge on any atom is 0.308 e. The lowest BCUT2D eigenvalue weighted by Crippen LogP contribution is -2.35. The molecule has 0 aliphatic heterocycles. The molecule has 10 heteroatoms. The van der Waals surface area contributed by atoms with E-state index in [0.29, 0.717) is 45.9 Å². The lowest BCUT2D eigenvalue weighted by molar-refractivity contribution is -0.145. The number of nitrogens with two attached hydrogens (primary N) is 1. The summed E-state index contributed by atoms with van der Waals surface area (Å²) in [6.45, 7) is 0. The van der Waals surface area contributed by atoms with Crippen LogP contribution in [-0.2, 0) is 9.53 Å². The monoisotopic (exact) mass is 490 g/mol. The zero-order valence-corrected chi connectivity index (χ0v) is 19.9. The molecule has 1 saturated carbocycles. The third-order valence-corrected chi connectivity index (χ3v) is 6.65. The SMILES string of the molecule is COC(=O)C1CC(N)C(Nc2ncc3cc(-c4c(Cl)c(OC)cc(OC)c4Cl)ccc3n2)C1. The number of rotatable bonds is 6. The molecule has 0 amide bonds. The molecule has 33 heavy (non-hydrogen) atoms. The van der Waals surface area contributed by atoms with E-state index in [-0.39, 0.29) is 24.0 Å². The smallest absolute Gasteiger partial charge is 0.308 e. The number of methoxy groups -OCH3 is 3. The zero-order chi connectivity index (χ0) is 23.7. The Balaban J connectivity index is 1.63. The Morgan fingerprint density at radius 3 is 2.42 bits per heavy atom. The van der Waals surface area contributed by atoms with E-state index < -0.39 is 0 Å². The minimum absolute atomic E-state index is 0.118. The summed E-state index contributed by atoms with van der Waals surface area (Å²) in [5.74, 6) is 0.900. The van der Waals surface area contributed by atoms with Crippen LogP contribution >= 0.6 is 23.2 Å². The molecule has 3 N–H and O–H groups in total. The summed E-state index contributed by atoms with van der Waals surface area (Å²) in [7, 11) is 4.45. The highest BCUT2D eigenvalue weighted by Gasteiger charge is 2.36. The van der Waals surface area contributed by atoms with Gasteiger partial charge in [0.15, 0.2) is 0 Å². The largest absolute Gasteiger partial charge is 0.495 e. The molecule has 3 unspecified atom stereocenters. The normalized spacial score (nSPS) is 20.0. The average Bonchev–Trinajstić information content (AvgIpc) is 3.18. The number of anilines is 1. The summed E-state index contributed by atoms with van der Waals surface area (Å²) in [6, 6.07) is 6.98. The molecular weight excluding hydrogens is 467 g/mol. The number of esters is 1. The van der Waals surface area contributed by atoms with Crippen LogP contribution in [-0.4, -0.2) is 49.4 Å². The van der Waals surface area contributed by atoms with Gasteiger partial charge in [-0.25, -0.2) is 9.97 Å².